The first-order valence-corrected chi connectivity index (χ1v) is 35.9. The second kappa shape index (κ2) is 42.5. The summed E-state index contributed by atoms with van der Waals surface area (Å²) in [6, 6.07) is -9.62. The maximum Gasteiger partial charge on any atom is 0.302 e. The van der Waals surface area contributed by atoms with Crippen LogP contribution in [-0.2, 0) is 78.3 Å². The van der Waals surface area contributed by atoms with Crippen molar-refractivity contribution in [3.8, 4) is 0 Å². The smallest absolute Gasteiger partial charge is 0.302 e. The Morgan fingerprint density at radius 1 is 0.538 bits per heavy atom. The summed E-state index contributed by atoms with van der Waals surface area (Å²) in [5.41, 5.74) is 11.4. The minimum Gasteiger partial charge on any atom is -0.460 e. The Balaban J connectivity index is 2.31. The molecule has 13 amide bonds. The standard InChI is InChI=1S/C71H116N16O17/c1-18-38(12)53-65(98)78-48(33-44-26-22-21-23-27-44)60(93)75-45(20-3)58(91)79-50(35(6)7)64(97)86-57(42(16)104-43(17)90)69(102)85-56(41(15)89)67(100)80-51(36(8)9)63(96)81-52(37(10)11)70(103)87-31-25-29-49(87)62(95)76-46(28-24-30-74-71(72)73)59(92)77-47(32-34(4)5)61(94)84-55(40(14)88)68(101)83-54(39(13)19-2)66(99)82-53/h20-23,26-27,34-42,46-57,88-89H,18-19,24-25,28-33H2,1-17H3,(H,75,93)(H,76,95)(H,77,92)(H,78,98)(H,79,91)(H,80,100)(H,81,96)(H,82,99)(H,83,101)(H,84,94)(H,85,102)(H,86,97)(H4,72,73,74)/b45-20-/t38-,39-,40+,41+,42+,46-,47+,48-,49-,50-,51-,52-,53-,54-,55-,56-,57-/m0/s1. The zero-order valence-corrected chi connectivity index (χ0v) is 63.2. The van der Waals surface area contributed by atoms with Crippen molar-refractivity contribution in [1.82, 2.24) is 68.7 Å². The molecule has 17 atom stereocenters. The van der Waals surface area contributed by atoms with E-state index in [2.05, 4.69) is 68.8 Å². The molecule has 18 N–H and O–H groups in total. The van der Waals surface area contributed by atoms with Gasteiger partial charge >= 0.3 is 5.97 Å². The van der Waals surface area contributed by atoms with Crippen LogP contribution in [0.3, 0.4) is 0 Å². The van der Waals surface area contributed by atoms with Crippen LogP contribution in [0.5, 0.6) is 0 Å². The lowest BCUT2D eigenvalue weighted by Crippen LogP contribution is -2.64. The molecule has 0 radical (unpaired) electrons. The van der Waals surface area contributed by atoms with Crippen LogP contribution in [0.1, 0.15) is 168 Å². The summed E-state index contributed by atoms with van der Waals surface area (Å²) in [5, 5.41) is 53.7. The summed E-state index contributed by atoms with van der Waals surface area (Å²) in [5.74, 6) is -17.0. The van der Waals surface area contributed by atoms with Crippen LogP contribution >= 0.6 is 0 Å². The summed E-state index contributed by atoms with van der Waals surface area (Å²) in [6.07, 6.45) is -2.81. The van der Waals surface area contributed by atoms with Crippen LogP contribution in [0.15, 0.2) is 47.1 Å². The third kappa shape index (κ3) is 27.1. The van der Waals surface area contributed by atoms with Crippen LogP contribution in [0.4, 0.5) is 0 Å². The van der Waals surface area contributed by atoms with Crippen molar-refractivity contribution < 1.29 is 82.1 Å². The Hall–Kier alpha value is -9.27. The van der Waals surface area contributed by atoms with E-state index in [0.29, 0.717) is 18.4 Å². The Labute approximate surface area is 609 Å². The van der Waals surface area contributed by atoms with Gasteiger partial charge in [-0.1, -0.05) is 132 Å². The first kappa shape index (κ1) is 88.9. The van der Waals surface area contributed by atoms with E-state index in [0.717, 1.165) is 13.8 Å². The zero-order chi connectivity index (χ0) is 78.7. The number of guanidine groups is 1. The van der Waals surface area contributed by atoms with Gasteiger partial charge in [-0.3, -0.25) is 72.1 Å². The average Bonchev–Trinajstić information content (AvgIpc) is 1.53. The lowest BCUT2D eigenvalue weighted by Gasteiger charge is -2.33. The minimum absolute atomic E-state index is 0.00401. The van der Waals surface area contributed by atoms with Crippen molar-refractivity contribution in [2.45, 2.75) is 260 Å². The fraction of sp³-hybridized carbons (Fsp3) is 0.676. The number of nitrogens with one attached hydrogen (secondary N) is 12. The molecule has 0 aromatic heterocycles. The van der Waals surface area contributed by atoms with Crippen molar-refractivity contribution in [3.63, 3.8) is 0 Å². The minimum atomic E-state index is -1.87. The molecule has 33 heteroatoms. The largest absolute Gasteiger partial charge is 0.460 e. The maximum atomic E-state index is 14.8. The molecule has 1 aromatic carbocycles. The van der Waals surface area contributed by atoms with Crippen molar-refractivity contribution in [3.05, 3.63) is 47.7 Å². The molecule has 582 valence electrons. The van der Waals surface area contributed by atoms with E-state index < -0.39 is 209 Å². The number of esters is 1. The quantitative estimate of drug-likeness (QED) is 0.0245. The number of hydrogen-bond donors (Lipinski definition) is 16. The molecule has 0 spiro atoms. The van der Waals surface area contributed by atoms with E-state index in [1.807, 2.05) is 0 Å². The highest BCUT2D eigenvalue weighted by molar-refractivity contribution is 6.03. The van der Waals surface area contributed by atoms with Gasteiger partial charge in [-0.2, -0.15) is 0 Å². The number of carbonyl (C=O) groups is 14. The monoisotopic (exact) mass is 1460 g/mol. The van der Waals surface area contributed by atoms with Gasteiger partial charge in [-0.05, 0) is 101 Å². The molecule has 33 nitrogen and oxygen atoms in total. The molecule has 2 aliphatic rings. The normalized spacial score (nSPS) is 27.0. The summed E-state index contributed by atoms with van der Waals surface area (Å²) >= 11 is 0. The van der Waals surface area contributed by atoms with Gasteiger partial charge in [0.05, 0.1) is 12.2 Å². The molecule has 2 fully saturated rings. The molecule has 0 unspecified atom stereocenters. The first-order chi connectivity index (χ1) is 48.7. The van der Waals surface area contributed by atoms with E-state index in [1.54, 1.807) is 113 Å². The Bertz CT molecular complexity index is 3210. The topological polar surface area (TPSA) is 501 Å². The molecule has 3 rings (SSSR count). The molecule has 0 aliphatic carbocycles. The number of aliphatic hydroxyl groups is 2. The fourth-order valence-electron chi connectivity index (χ4n) is 11.8. The number of ether oxygens (including phenoxy) is 1. The van der Waals surface area contributed by atoms with Crippen molar-refractivity contribution in [2.24, 2.45) is 52.0 Å². The molecule has 2 aliphatic heterocycles. The number of rotatable bonds is 19. The van der Waals surface area contributed by atoms with E-state index >= 15 is 0 Å². The number of allylic oxidation sites excluding steroid dienone is 1. The number of aliphatic hydroxyl groups excluding tert-OH is 2. The highest BCUT2D eigenvalue weighted by atomic mass is 16.5. The van der Waals surface area contributed by atoms with Crippen molar-refractivity contribution >= 4 is 88.7 Å². The van der Waals surface area contributed by atoms with Gasteiger partial charge in [0.1, 0.15) is 84.3 Å². The molecule has 1 aromatic rings. The number of aliphatic imine (C=N–C) groups is 1. The number of amides is 13. The summed E-state index contributed by atoms with van der Waals surface area (Å²) < 4.78 is 5.35. The summed E-state index contributed by atoms with van der Waals surface area (Å²) in [4.78, 5) is 207. The second-order valence-corrected chi connectivity index (χ2v) is 28.5. The molecule has 2 heterocycles. The van der Waals surface area contributed by atoms with Crippen LogP contribution in [0.25, 0.3) is 0 Å². The predicted molar refractivity (Wildman–Crippen MR) is 385 cm³/mol. The average molecular weight is 1470 g/mol. The molecule has 0 saturated carbocycles. The summed E-state index contributed by atoms with van der Waals surface area (Å²) in [6.45, 7) is 25.9. The van der Waals surface area contributed by atoms with Gasteiger partial charge in [0, 0.05) is 26.4 Å². The Morgan fingerprint density at radius 3 is 1.44 bits per heavy atom. The molecule has 104 heavy (non-hydrogen) atoms. The number of benzene rings is 1. The number of hydrogen-bond acceptors (Lipinski definition) is 18. The lowest BCUT2D eigenvalue weighted by molar-refractivity contribution is -0.151. The molecular weight excluding hydrogens is 1350 g/mol. The Morgan fingerprint density at radius 2 is 0.962 bits per heavy atom. The number of nitrogens with two attached hydrogens (primary N) is 2. The lowest BCUT2D eigenvalue weighted by atomic mass is 9.94. The van der Waals surface area contributed by atoms with Gasteiger partial charge in [0.15, 0.2) is 5.96 Å². The molecule has 0 bridgehead atoms. The third-order valence-corrected chi connectivity index (χ3v) is 18.3. The fourth-order valence-corrected chi connectivity index (χ4v) is 11.8. The highest BCUT2D eigenvalue weighted by Crippen LogP contribution is 2.23. The van der Waals surface area contributed by atoms with Crippen molar-refractivity contribution in [1.29, 1.82) is 0 Å². The number of fused-ring (bicyclic) bond motifs is 1. The Kier molecular flexibility index (Phi) is 36.3. The van der Waals surface area contributed by atoms with Gasteiger partial charge < -0.3 is 95.1 Å². The van der Waals surface area contributed by atoms with Gasteiger partial charge in [0.2, 0.25) is 70.9 Å². The van der Waals surface area contributed by atoms with E-state index in [-0.39, 0.29) is 63.5 Å². The SMILES string of the molecule is C/C=C1\NC(=O)[C@H](Cc2ccccc2)NC(=O)[C@H]([C@@H](C)CC)NC(=O)[C@H]([C@@H](C)CC)NC(=O)[C@H]([C@@H](C)O)NC(=O)[C@@H](CC(C)C)NC(=O)[C@H](CCCN=C(N)N)NC(=O)[C@@H]2CCCN2C(=O)[C@H](C(C)C)NC(=O)[C@H](C(C)C)NC(=O)[C@H]([C@@H](C)O)NC(=O)[C@H]([C@@H](C)OC(C)=O)NC(=O)[C@H](C(C)C)NC1=O. The molecular formula is C71H116N16O17. The van der Waals surface area contributed by atoms with Crippen molar-refractivity contribution in [2.75, 3.05) is 13.1 Å². The van der Waals surface area contributed by atoms with Gasteiger partial charge in [-0.15, -0.1) is 0 Å². The molecule has 2 saturated heterocycles. The van der Waals surface area contributed by atoms with Crippen LogP contribution in [-0.4, -0.2) is 208 Å². The van der Waals surface area contributed by atoms with E-state index in [9.17, 15) is 77.3 Å². The highest BCUT2D eigenvalue weighted by Gasteiger charge is 2.44. The maximum absolute atomic E-state index is 14.8. The number of carbonyl (C=O) groups excluding carboxylic acids is 14. The van der Waals surface area contributed by atoms with Crippen LogP contribution in [0.2, 0.25) is 0 Å². The van der Waals surface area contributed by atoms with E-state index in [1.165, 1.54) is 31.7 Å². The van der Waals surface area contributed by atoms with Gasteiger partial charge in [-0.25, -0.2) is 0 Å². The van der Waals surface area contributed by atoms with Gasteiger partial charge in [0.25, 0.3) is 5.91 Å². The van der Waals surface area contributed by atoms with E-state index in [4.69, 9.17) is 16.2 Å². The summed E-state index contributed by atoms with van der Waals surface area (Å²) in [7, 11) is 0. The first-order valence-electron chi connectivity index (χ1n) is 35.9. The van der Waals surface area contributed by atoms with Crippen LogP contribution < -0.4 is 75.3 Å². The van der Waals surface area contributed by atoms with Crippen LogP contribution in [0, 0.1) is 35.5 Å². The zero-order valence-electron chi connectivity index (χ0n) is 63.2. The predicted octanol–water partition coefficient (Wildman–Crippen LogP) is -1.54. The second-order valence-electron chi connectivity index (χ2n) is 28.5. The third-order valence-electron chi connectivity index (χ3n) is 18.3. The number of nitrogens with zero attached hydrogens (tertiary/aromatic N) is 2.